The van der Waals surface area contributed by atoms with Gasteiger partial charge < -0.3 is 10.6 Å². The Balaban J connectivity index is 2.06. The standard InChI is InChI=1S/C16H20N2O2S/c1-10(2)14-8-9-15(21-14)18-16(20)12-6-4-5-7-13(12)17-11(3)19/h4-7,9-10,14H,8H2,1-3H3,(H,17,19)(H,18,20). The van der Waals surface area contributed by atoms with E-state index >= 15 is 0 Å². The molecule has 0 aliphatic carbocycles. The van der Waals surface area contributed by atoms with E-state index in [9.17, 15) is 9.59 Å². The van der Waals surface area contributed by atoms with Crippen molar-refractivity contribution in [2.45, 2.75) is 32.4 Å². The number of allylic oxidation sites excluding steroid dienone is 1. The molecule has 5 heteroatoms. The Bertz CT molecular complexity index is 581. The second-order valence-corrected chi connectivity index (χ2v) is 6.67. The van der Waals surface area contributed by atoms with Crippen molar-refractivity contribution in [2.75, 3.05) is 5.32 Å². The summed E-state index contributed by atoms with van der Waals surface area (Å²) in [5, 5.41) is 7.03. The van der Waals surface area contributed by atoms with Gasteiger partial charge in [0.25, 0.3) is 5.91 Å². The van der Waals surface area contributed by atoms with Crippen LogP contribution in [0, 0.1) is 5.92 Å². The SMILES string of the molecule is CC(=O)Nc1ccccc1C(=O)NC1=CCC(C(C)C)S1. The molecule has 2 rings (SSSR count). The van der Waals surface area contributed by atoms with Gasteiger partial charge in [-0.05, 0) is 24.5 Å². The highest BCUT2D eigenvalue weighted by Gasteiger charge is 2.23. The van der Waals surface area contributed by atoms with Gasteiger partial charge in [0, 0.05) is 12.2 Å². The molecule has 1 aliphatic heterocycles. The van der Waals surface area contributed by atoms with Crippen molar-refractivity contribution in [2.24, 2.45) is 5.92 Å². The largest absolute Gasteiger partial charge is 0.326 e. The zero-order valence-electron chi connectivity index (χ0n) is 12.5. The van der Waals surface area contributed by atoms with Crippen molar-refractivity contribution in [3.05, 3.63) is 40.9 Å². The molecule has 2 N–H and O–H groups in total. The number of hydrogen-bond acceptors (Lipinski definition) is 3. The molecule has 0 aromatic heterocycles. The van der Waals surface area contributed by atoms with Crippen LogP contribution in [0.1, 0.15) is 37.6 Å². The van der Waals surface area contributed by atoms with E-state index in [0.29, 0.717) is 22.4 Å². The highest BCUT2D eigenvalue weighted by atomic mass is 32.2. The summed E-state index contributed by atoms with van der Waals surface area (Å²) in [5.74, 6) is 0.194. The van der Waals surface area contributed by atoms with E-state index in [4.69, 9.17) is 0 Å². The molecule has 1 aromatic rings. The Hall–Kier alpha value is -1.75. The molecule has 0 bridgehead atoms. The van der Waals surface area contributed by atoms with Crippen LogP contribution in [-0.2, 0) is 4.79 Å². The quantitative estimate of drug-likeness (QED) is 0.896. The fourth-order valence-electron chi connectivity index (χ4n) is 2.13. The smallest absolute Gasteiger partial charge is 0.258 e. The normalized spacial score (nSPS) is 17.5. The van der Waals surface area contributed by atoms with Gasteiger partial charge in [0.1, 0.15) is 0 Å². The second kappa shape index (κ2) is 6.80. The van der Waals surface area contributed by atoms with Crippen LogP contribution in [0.25, 0.3) is 0 Å². The first-order valence-corrected chi connectivity index (χ1v) is 7.90. The number of para-hydroxylation sites is 1. The van der Waals surface area contributed by atoms with Crippen LogP contribution in [-0.4, -0.2) is 17.1 Å². The summed E-state index contributed by atoms with van der Waals surface area (Å²) in [5.41, 5.74) is 1.01. The zero-order valence-corrected chi connectivity index (χ0v) is 13.3. The Morgan fingerprint density at radius 1 is 1.24 bits per heavy atom. The lowest BCUT2D eigenvalue weighted by molar-refractivity contribution is -0.114. The van der Waals surface area contributed by atoms with E-state index in [1.807, 2.05) is 0 Å². The summed E-state index contributed by atoms with van der Waals surface area (Å²) in [7, 11) is 0. The third-order valence-electron chi connectivity index (χ3n) is 3.28. The minimum atomic E-state index is -0.192. The minimum Gasteiger partial charge on any atom is -0.326 e. The monoisotopic (exact) mass is 304 g/mol. The average Bonchev–Trinajstić information content (AvgIpc) is 2.87. The van der Waals surface area contributed by atoms with Gasteiger partial charge in [-0.15, -0.1) is 11.8 Å². The second-order valence-electron chi connectivity index (χ2n) is 5.39. The van der Waals surface area contributed by atoms with E-state index in [0.717, 1.165) is 11.4 Å². The fraction of sp³-hybridized carbons (Fsp3) is 0.375. The molecule has 0 radical (unpaired) electrons. The van der Waals surface area contributed by atoms with E-state index in [-0.39, 0.29) is 11.8 Å². The van der Waals surface area contributed by atoms with Gasteiger partial charge in [-0.25, -0.2) is 0 Å². The minimum absolute atomic E-state index is 0.190. The lowest BCUT2D eigenvalue weighted by atomic mass is 10.1. The number of nitrogens with one attached hydrogen (secondary N) is 2. The van der Waals surface area contributed by atoms with Crippen LogP contribution in [0.4, 0.5) is 5.69 Å². The average molecular weight is 304 g/mol. The number of rotatable bonds is 4. The molecular formula is C16H20N2O2S. The predicted molar refractivity (Wildman–Crippen MR) is 87.1 cm³/mol. The number of benzene rings is 1. The molecule has 1 atom stereocenters. The van der Waals surface area contributed by atoms with Crippen LogP contribution in [0.15, 0.2) is 35.4 Å². The Morgan fingerprint density at radius 2 is 1.95 bits per heavy atom. The zero-order chi connectivity index (χ0) is 15.4. The molecular weight excluding hydrogens is 284 g/mol. The summed E-state index contributed by atoms with van der Waals surface area (Å²) in [6.07, 6.45) is 3.04. The summed E-state index contributed by atoms with van der Waals surface area (Å²) < 4.78 is 0. The van der Waals surface area contributed by atoms with Gasteiger partial charge in [0.2, 0.25) is 5.91 Å². The maximum Gasteiger partial charge on any atom is 0.258 e. The molecule has 1 aliphatic rings. The molecule has 0 spiro atoms. The Labute approximate surface area is 129 Å². The lowest BCUT2D eigenvalue weighted by Gasteiger charge is -2.14. The van der Waals surface area contributed by atoms with E-state index < -0.39 is 0 Å². The number of thioether (sulfide) groups is 1. The van der Waals surface area contributed by atoms with Crippen molar-refractivity contribution in [3.63, 3.8) is 0 Å². The summed E-state index contributed by atoms with van der Waals surface area (Å²) in [4.78, 5) is 23.6. The maximum atomic E-state index is 12.4. The van der Waals surface area contributed by atoms with Gasteiger partial charge >= 0.3 is 0 Å². The fourth-order valence-corrected chi connectivity index (χ4v) is 3.27. The highest BCUT2D eigenvalue weighted by molar-refractivity contribution is 8.03. The molecule has 21 heavy (non-hydrogen) atoms. The topological polar surface area (TPSA) is 58.2 Å². The first-order chi connectivity index (χ1) is 9.97. The molecule has 1 unspecified atom stereocenters. The van der Waals surface area contributed by atoms with E-state index in [1.54, 1.807) is 36.0 Å². The number of anilines is 1. The van der Waals surface area contributed by atoms with Crippen molar-refractivity contribution in [1.82, 2.24) is 5.32 Å². The van der Waals surface area contributed by atoms with Gasteiger partial charge in [-0.2, -0.15) is 0 Å². The van der Waals surface area contributed by atoms with Crippen LogP contribution in [0.2, 0.25) is 0 Å². The van der Waals surface area contributed by atoms with Crippen LogP contribution < -0.4 is 10.6 Å². The molecule has 0 saturated carbocycles. The summed E-state index contributed by atoms with van der Waals surface area (Å²) in [6, 6.07) is 7.01. The predicted octanol–water partition coefficient (Wildman–Crippen LogP) is 3.38. The number of carbonyl (C=O) groups excluding carboxylic acids is 2. The van der Waals surface area contributed by atoms with Crippen LogP contribution in [0.3, 0.4) is 0 Å². The van der Waals surface area contributed by atoms with Crippen molar-refractivity contribution in [3.8, 4) is 0 Å². The summed E-state index contributed by atoms with van der Waals surface area (Å²) >= 11 is 1.70. The first-order valence-electron chi connectivity index (χ1n) is 7.02. The van der Waals surface area contributed by atoms with Gasteiger partial charge in [0.05, 0.1) is 16.3 Å². The molecule has 1 heterocycles. The molecule has 2 amide bonds. The molecule has 1 aromatic carbocycles. The number of carbonyl (C=O) groups is 2. The third kappa shape index (κ3) is 4.11. The number of amides is 2. The molecule has 0 saturated heterocycles. The molecule has 112 valence electrons. The van der Waals surface area contributed by atoms with E-state index in [2.05, 4.69) is 30.6 Å². The Morgan fingerprint density at radius 3 is 2.57 bits per heavy atom. The number of hydrogen-bond donors (Lipinski definition) is 2. The van der Waals surface area contributed by atoms with Crippen LogP contribution in [0.5, 0.6) is 0 Å². The van der Waals surface area contributed by atoms with E-state index in [1.165, 1.54) is 6.92 Å². The van der Waals surface area contributed by atoms with Crippen molar-refractivity contribution >= 4 is 29.3 Å². The molecule has 4 nitrogen and oxygen atoms in total. The van der Waals surface area contributed by atoms with Crippen LogP contribution >= 0.6 is 11.8 Å². The Kier molecular flexibility index (Phi) is 5.07. The van der Waals surface area contributed by atoms with Gasteiger partial charge in [-0.1, -0.05) is 32.1 Å². The summed E-state index contributed by atoms with van der Waals surface area (Å²) in [6.45, 7) is 5.79. The van der Waals surface area contributed by atoms with Crippen molar-refractivity contribution < 1.29 is 9.59 Å². The van der Waals surface area contributed by atoms with Gasteiger partial charge in [-0.3, -0.25) is 9.59 Å². The highest BCUT2D eigenvalue weighted by Crippen LogP contribution is 2.35. The lowest BCUT2D eigenvalue weighted by Crippen LogP contribution is -2.23. The van der Waals surface area contributed by atoms with Crippen molar-refractivity contribution in [1.29, 1.82) is 0 Å². The van der Waals surface area contributed by atoms with Gasteiger partial charge in [0.15, 0.2) is 0 Å². The molecule has 0 fully saturated rings. The maximum absolute atomic E-state index is 12.4. The first kappa shape index (κ1) is 15.6. The third-order valence-corrected chi connectivity index (χ3v) is 4.84.